The molecule has 0 unspecified atom stereocenters. The second kappa shape index (κ2) is 7.59. The average Bonchev–Trinajstić information content (AvgIpc) is 2.41. The van der Waals surface area contributed by atoms with Gasteiger partial charge in [0.2, 0.25) is 5.91 Å². The highest BCUT2D eigenvalue weighted by molar-refractivity contribution is 5.94. The summed E-state index contributed by atoms with van der Waals surface area (Å²) in [6, 6.07) is -0.772. The van der Waals surface area contributed by atoms with Crippen LogP contribution in [0.1, 0.15) is 32.1 Å². The molecule has 2 rings (SSSR count). The summed E-state index contributed by atoms with van der Waals surface area (Å²) in [4.78, 5) is 26.6. The fourth-order valence-corrected chi connectivity index (χ4v) is 3.24. The molecule has 0 aromatic heterocycles. The van der Waals surface area contributed by atoms with Crippen molar-refractivity contribution in [2.45, 2.75) is 32.1 Å². The van der Waals surface area contributed by atoms with Gasteiger partial charge < -0.3 is 10.6 Å². The zero-order valence-corrected chi connectivity index (χ0v) is 12.1. The molecule has 1 aliphatic heterocycles. The fourth-order valence-electron chi connectivity index (χ4n) is 3.24. The number of hydrogen-bond donors (Lipinski definition) is 2. The van der Waals surface area contributed by atoms with E-state index < -0.39 is 6.03 Å². The smallest absolute Gasteiger partial charge is 0.318 e. The van der Waals surface area contributed by atoms with Crippen molar-refractivity contribution >= 4 is 11.9 Å². The van der Waals surface area contributed by atoms with E-state index in [0.717, 1.165) is 32.1 Å². The fraction of sp³-hybridized carbons (Fsp3) is 0.857. The van der Waals surface area contributed by atoms with Crippen LogP contribution in [0.25, 0.3) is 0 Å². The van der Waals surface area contributed by atoms with Crippen LogP contribution in [-0.2, 0) is 4.79 Å². The maximum atomic E-state index is 11.5. The van der Waals surface area contributed by atoms with Gasteiger partial charge in [-0.1, -0.05) is 19.3 Å². The van der Waals surface area contributed by atoms with E-state index in [1.807, 2.05) is 0 Å². The highest BCUT2D eigenvalue weighted by Crippen LogP contribution is 2.24. The minimum Gasteiger partial charge on any atom is -0.351 e. The molecule has 2 fully saturated rings. The lowest BCUT2D eigenvalue weighted by molar-refractivity contribution is -0.121. The number of primary amides is 1. The molecule has 0 spiro atoms. The lowest BCUT2D eigenvalue weighted by Gasteiger charge is -2.36. The van der Waals surface area contributed by atoms with E-state index in [1.54, 1.807) is 0 Å². The Hall–Kier alpha value is -1.14. The van der Waals surface area contributed by atoms with Gasteiger partial charge in [-0.3, -0.25) is 15.0 Å². The lowest BCUT2D eigenvalue weighted by atomic mass is 9.89. The minimum absolute atomic E-state index is 0.264. The monoisotopic (exact) mass is 282 g/mol. The highest BCUT2D eigenvalue weighted by atomic mass is 16.2. The van der Waals surface area contributed by atoms with Crippen LogP contribution in [0.2, 0.25) is 0 Å². The number of nitrogens with one attached hydrogen (secondary N) is 1. The third kappa shape index (κ3) is 5.09. The predicted octanol–water partition coefficient (Wildman–Crippen LogP) is 0.379. The van der Waals surface area contributed by atoms with Gasteiger partial charge in [0, 0.05) is 32.7 Å². The van der Waals surface area contributed by atoms with Crippen LogP contribution in [0.15, 0.2) is 0 Å². The SMILES string of the molecule is NC(=O)NC(=O)CN1CCN(CC2CCCCC2)CC1. The number of urea groups is 1. The Morgan fingerprint density at radius 2 is 1.60 bits per heavy atom. The standard InChI is InChI=1S/C14H26N4O2/c15-14(20)16-13(19)11-18-8-6-17(7-9-18)10-12-4-2-1-3-5-12/h12H,1-11H2,(H3,15,16,19,20). The first-order valence-corrected chi connectivity index (χ1v) is 7.67. The second-order valence-corrected chi connectivity index (χ2v) is 5.99. The third-order valence-corrected chi connectivity index (χ3v) is 4.34. The van der Waals surface area contributed by atoms with E-state index in [0.29, 0.717) is 0 Å². The maximum absolute atomic E-state index is 11.5. The molecule has 20 heavy (non-hydrogen) atoms. The zero-order valence-electron chi connectivity index (χ0n) is 12.1. The van der Waals surface area contributed by atoms with Gasteiger partial charge >= 0.3 is 6.03 Å². The number of carbonyl (C=O) groups excluding carboxylic acids is 2. The topological polar surface area (TPSA) is 78.7 Å². The van der Waals surface area contributed by atoms with E-state index in [-0.39, 0.29) is 12.5 Å². The lowest BCUT2D eigenvalue weighted by Crippen LogP contribution is -2.51. The molecule has 3 N–H and O–H groups in total. The minimum atomic E-state index is -0.772. The van der Waals surface area contributed by atoms with Crippen LogP contribution in [0.5, 0.6) is 0 Å². The van der Waals surface area contributed by atoms with Crippen LogP contribution < -0.4 is 11.1 Å². The van der Waals surface area contributed by atoms with Gasteiger partial charge in [0.25, 0.3) is 0 Å². The first-order chi connectivity index (χ1) is 9.63. The molecule has 0 aromatic carbocycles. The number of rotatable bonds is 4. The molecule has 0 atom stereocenters. The van der Waals surface area contributed by atoms with Crippen molar-refractivity contribution in [3.63, 3.8) is 0 Å². The molecular weight excluding hydrogens is 256 g/mol. The molecule has 1 aliphatic carbocycles. The number of carbonyl (C=O) groups is 2. The van der Waals surface area contributed by atoms with Crippen molar-refractivity contribution in [3.8, 4) is 0 Å². The van der Waals surface area contributed by atoms with Gasteiger partial charge in [0.05, 0.1) is 6.54 Å². The van der Waals surface area contributed by atoms with Gasteiger partial charge in [-0.25, -0.2) is 4.79 Å². The summed E-state index contributed by atoms with van der Waals surface area (Å²) in [5.74, 6) is 0.562. The molecule has 3 amide bonds. The van der Waals surface area contributed by atoms with Crippen molar-refractivity contribution in [1.82, 2.24) is 15.1 Å². The number of nitrogens with two attached hydrogens (primary N) is 1. The Morgan fingerprint density at radius 1 is 1.00 bits per heavy atom. The van der Waals surface area contributed by atoms with Crippen LogP contribution >= 0.6 is 0 Å². The highest BCUT2D eigenvalue weighted by Gasteiger charge is 2.22. The number of piperazine rings is 1. The van der Waals surface area contributed by atoms with Crippen molar-refractivity contribution < 1.29 is 9.59 Å². The maximum Gasteiger partial charge on any atom is 0.318 e. The summed E-state index contributed by atoms with van der Waals surface area (Å²) >= 11 is 0. The summed E-state index contributed by atoms with van der Waals surface area (Å²) < 4.78 is 0. The Labute approximate surface area is 120 Å². The van der Waals surface area contributed by atoms with Crippen LogP contribution in [0, 0.1) is 5.92 Å². The van der Waals surface area contributed by atoms with E-state index in [9.17, 15) is 9.59 Å². The van der Waals surface area contributed by atoms with Gasteiger partial charge in [-0.05, 0) is 18.8 Å². The van der Waals surface area contributed by atoms with Gasteiger partial charge in [0.15, 0.2) is 0 Å². The van der Waals surface area contributed by atoms with Crippen molar-refractivity contribution in [1.29, 1.82) is 0 Å². The van der Waals surface area contributed by atoms with E-state index in [4.69, 9.17) is 5.73 Å². The summed E-state index contributed by atoms with van der Waals surface area (Å²) in [5, 5.41) is 2.11. The van der Waals surface area contributed by atoms with E-state index in [1.165, 1.54) is 38.6 Å². The van der Waals surface area contributed by atoms with Crippen LogP contribution in [0.3, 0.4) is 0 Å². The Morgan fingerprint density at radius 3 is 2.20 bits per heavy atom. The molecule has 1 saturated heterocycles. The molecule has 6 heteroatoms. The quantitative estimate of drug-likeness (QED) is 0.781. The largest absolute Gasteiger partial charge is 0.351 e. The Balaban J connectivity index is 1.64. The third-order valence-electron chi connectivity index (χ3n) is 4.34. The molecule has 0 aromatic rings. The molecule has 6 nitrogen and oxygen atoms in total. The Kier molecular flexibility index (Phi) is 5.79. The van der Waals surface area contributed by atoms with Crippen LogP contribution in [0.4, 0.5) is 4.79 Å². The summed E-state index contributed by atoms with van der Waals surface area (Å²) in [7, 11) is 0. The van der Waals surface area contributed by atoms with Gasteiger partial charge in [-0.15, -0.1) is 0 Å². The molecule has 0 radical (unpaired) electrons. The summed E-state index contributed by atoms with van der Waals surface area (Å²) in [6.45, 7) is 5.28. The van der Waals surface area contributed by atoms with Gasteiger partial charge in [0.1, 0.15) is 0 Å². The number of imide groups is 1. The number of nitrogens with zero attached hydrogens (tertiary/aromatic N) is 2. The van der Waals surface area contributed by atoms with E-state index in [2.05, 4.69) is 15.1 Å². The van der Waals surface area contributed by atoms with Crippen molar-refractivity contribution in [3.05, 3.63) is 0 Å². The predicted molar refractivity (Wildman–Crippen MR) is 77.2 cm³/mol. The van der Waals surface area contributed by atoms with Crippen molar-refractivity contribution in [2.75, 3.05) is 39.3 Å². The van der Waals surface area contributed by atoms with Gasteiger partial charge in [-0.2, -0.15) is 0 Å². The molecule has 114 valence electrons. The molecule has 2 aliphatic rings. The molecule has 1 heterocycles. The first-order valence-electron chi connectivity index (χ1n) is 7.67. The summed E-state index contributed by atoms with van der Waals surface area (Å²) in [6.07, 6.45) is 6.93. The number of hydrogen-bond acceptors (Lipinski definition) is 4. The number of amides is 3. The van der Waals surface area contributed by atoms with Crippen molar-refractivity contribution in [2.24, 2.45) is 11.7 Å². The second-order valence-electron chi connectivity index (χ2n) is 5.99. The Bertz CT molecular complexity index is 334. The molecule has 0 bridgehead atoms. The molecular formula is C14H26N4O2. The first kappa shape index (κ1) is 15.3. The zero-order chi connectivity index (χ0) is 14.4. The van der Waals surface area contributed by atoms with E-state index >= 15 is 0 Å². The normalized spacial score (nSPS) is 22.6. The molecule has 1 saturated carbocycles. The average molecular weight is 282 g/mol. The summed E-state index contributed by atoms with van der Waals surface area (Å²) in [5.41, 5.74) is 4.93. The van der Waals surface area contributed by atoms with Crippen LogP contribution in [-0.4, -0.2) is 61.0 Å².